The third-order valence-corrected chi connectivity index (χ3v) is 5.22. The van der Waals surface area contributed by atoms with Gasteiger partial charge in [-0.2, -0.15) is 0 Å². The molecule has 0 aliphatic carbocycles. The third kappa shape index (κ3) is 6.29. The van der Waals surface area contributed by atoms with Gasteiger partial charge >= 0.3 is 0 Å². The zero-order chi connectivity index (χ0) is 15.9. The van der Waals surface area contributed by atoms with Crippen LogP contribution in [0.3, 0.4) is 0 Å². The first-order valence-electron chi connectivity index (χ1n) is 7.87. The number of primary amides is 1. The molecule has 0 bridgehead atoms. The predicted molar refractivity (Wildman–Crippen MR) is 108 cm³/mol. The zero-order valence-electron chi connectivity index (χ0n) is 13.8. The molecule has 0 radical (unpaired) electrons. The van der Waals surface area contributed by atoms with Crippen molar-refractivity contribution in [3.8, 4) is 0 Å². The maximum absolute atomic E-state index is 11.1. The Morgan fingerprint density at radius 3 is 3.00 bits per heavy atom. The van der Waals surface area contributed by atoms with Crippen LogP contribution in [0.25, 0.3) is 0 Å². The minimum atomic E-state index is -0.207. The number of nitrogens with one attached hydrogen (secondary N) is 1. The summed E-state index contributed by atoms with van der Waals surface area (Å²) in [6.07, 6.45) is 2.63. The molecule has 2 rings (SSSR count). The number of guanidine groups is 1. The molecule has 1 fully saturated rings. The van der Waals surface area contributed by atoms with Crippen LogP contribution in [-0.4, -0.2) is 43.4 Å². The van der Waals surface area contributed by atoms with Gasteiger partial charge in [0.05, 0.1) is 0 Å². The molecule has 7 heteroatoms. The monoisotopic (exact) mass is 450 g/mol. The first-order valence-corrected chi connectivity index (χ1v) is 8.75. The highest BCUT2D eigenvalue weighted by molar-refractivity contribution is 14.0. The van der Waals surface area contributed by atoms with Crippen LogP contribution >= 0.6 is 35.3 Å². The molecule has 3 N–H and O–H groups in total. The van der Waals surface area contributed by atoms with Crippen molar-refractivity contribution in [1.82, 2.24) is 10.2 Å². The number of carbonyl (C=O) groups excluding carboxylic acids is 1. The van der Waals surface area contributed by atoms with Crippen LogP contribution in [0.1, 0.15) is 37.0 Å². The van der Waals surface area contributed by atoms with Crippen LogP contribution < -0.4 is 11.1 Å². The van der Waals surface area contributed by atoms with Crippen LogP contribution in [0.2, 0.25) is 0 Å². The number of rotatable bonds is 5. The van der Waals surface area contributed by atoms with Gasteiger partial charge in [-0.05, 0) is 30.2 Å². The van der Waals surface area contributed by atoms with Gasteiger partial charge in [-0.1, -0.05) is 13.0 Å². The first kappa shape index (κ1) is 20.2. The first-order chi connectivity index (χ1) is 10.6. The van der Waals surface area contributed by atoms with Crippen molar-refractivity contribution in [3.05, 3.63) is 22.4 Å². The number of piperidine rings is 1. The standard InChI is InChI=1S/C16H26N4OS.HI/c1-12(14-6-4-8-22-14)10-19-16(18-2)20-7-3-5-13(11-20)9-15(17)21;/h4,6,8,12-13H,3,5,7,9-11H2,1-2H3,(H2,17,21)(H,18,19);1H. The van der Waals surface area contributed by atoms with Gasteiger partial charge in [-0.15, -0.1) is 35.3 Å². The molecule has 1 aromatic rings. The SMILES string of the molecule is CN=C(NCC(C)c1cccs1)N1CCCC(CC(N)=O)C1.I. The molecule has 2 unspecified atom stereocenters. The van der Waals surface area contributed by atoms with E-state index in [1.807, 2.05) is 7.05 Å². The Morgan fingerprint density at radius 1 is 1.61 bits per heavy atom. The zero-order valence-corrected chi connectivity index (χ0v) is 17.0. The van der Waals surface area contributed by atoms with Crippen molar-refractivity contribution in [2.24, 2.45) is 16.6 Å². The second-order valence-electron chi connectivity index (χ2n) is 5.97. The summed E-state index contributed by atoms with van der Waals surface area (Å²) in [4.78, 5) is 19.1. The molecule has 1 aliphatic heterocycles. The molecule has 1 amide bonds. The molecule has 2 atom stereocenters. The highest BCUT2D eigenvalue weighted by atomic mass is 127. The predicted octanol–water partition coefficient (Wildman–Crippen LogP) is 2.63. The largest absolute Gasteiger partial charge is 0.370 e. The third-order valence-electron chi connectivity index (χ3n) is 4.12. The summed E-state index contributed by atoms with van der Waals surface area (Å²) >= 11 is 1.79. The van der Waals surface area contributed by atoms with Gasteiger partial charge in [0.25, 0.3) is 0 Å². The van der Waals surface area contributed by atoms with E-state index in [9.17, 15) is 4.79 Å². The molecule has 130 valence electrons. The lowest BCUT2D eigenvalue weighted by atomic mass is 9.95. The maximum atomic E-state index is 11.1. The number of hydrogen-bond acceptors (Lipinski definition) is 3. The summed E-state index contributed by atoms with van der Waals surface area (Å²) in [6, 6.07) is 4.26. The van der Waals surface area contributed by atoms with E-state index in [1.165, 1.54) is 4.88 Å². The average molecular weight is 450 g/mol. The van der Waals surface area contributed by atoms with E-state index in [4.69, 9.17) is 5.73 Å². The normalized spacial score (nSPS) is 19.8. The minimum absolute atomic E-state index is 0. The number of nitrogens with zero attached hydrogens (tertiary/aromatic N) is 2. The van der Waals surface area contributed by atoms with Gasteiger partial charge in [0.15, 0.2) is 5.96 Å². The van der Waals surface area contributed by atoms with Gasteiger partial charge in [0, 0.05) is 43.9 Å². The highest BCUT2D eigenvalue weighted by Crippen LogP contribution is 2.21. The number of carbonyl (C=O) groups is 1. The lowest BCUT2D eigenvalue weighted by Gasteiger charge is -2.35. The Kier molecular flexibility index (Phi) is 8.90. The summed E-state index contributed by atoms with van der Waals surface area (Å²) < 4.78 is 0. The molecule has 1 saturated heterocycles. The van der Waals surface area contributed by atoms with Crippen LogP contribution in [-0.2, 0) is 4.79 Å². The van der Waals surface area contributed by atoms with Crippen LogP contribution in [0.15, 0.2) is 22.5 Å². The number of halogens is 1. The van der Waals surface area contributed by atoms with Crippen molar-refractivity contribution in [3.63, 3.8) is 0 Å². The Morgan fingerprint density at radius 2 is 2.39 bits per heavy atom. The van der Waals surface area contributed by atoms with Crippen LogP contribution in [0.4, 0.5) is 0 Å². The van der Waals surface area contributed by atoms with Crippen molar-refractivity contribution in [1.29, 1.82) is 0 Å². The summed E-state index contributed by atoms with van der Waals surface area (Å²) in [6.45, 7) is 4.93. The van der Waals surface area contributed by atoms with Crippen molar-refractivity contribution in [2.45, 2.75) is 32.1 Å². The number of amides is 1. The molecule has 23 heavy (non-hydrogen) atoms. The summed E-state index contributed by atoms with van der Waals surface area (Å²) in [5, 5.41) is 5.58. The van der Waals surface area contributed by atoms with E-state index >= 15 is 0 Å². The molecule has 0 aromatic carbocycles. The molecule has 0 saturated carbocycles. The van der Waals surface area contributed by atoms with Gasteiger partial charge in [0.1, 0.15) is 0 Å². The Bertz CT molecular complexity index is 506. The van der Waals surface area contributed by atoms with Gasteiger partial charge < -0.3 is 16.0 Å². The van der Waals surface area contributed by atoms with Crippen molar-refractivity contribution < 1.29 is 4.79 Å². The number of aliphatic imine (C=N–C) groups is 1. The topological polar surface area (TPSA) is 70.7 Å². The fourth-order valence-corrected chi connectivity index (χ4v) is 3.74. The van der Waals surface area contributed by atoms with Crippen molar-refractivity contribution in [2.75, 3.05) is 26.7 Å². The van der Waals surface area contributed by atoms with Gasteiger partial charge in [-0.3, -0.25) is 9.79 Å². The van der Waals surface area contributed by atoms with Gasteiger partial charge in [-0.25, -0.2) is 0 Å². The maximum Gasteiger partial charge on any atom is 0.217 e. The minimum Gasteiger partial charge on any atom is -0.370 e. The Balaban J connectivity index is 0.00000264. The molecular formula is C16H27IN4OS. The van der Waals surface area contributed by atoms with E-state index in [0.717, 1.165) is 38.4 Å². The lowest BCUT2D eigenvalue weighted by Crippen LogP contribution is -2.47. The molecule has 2 heterocycles. The van der Waals surface area contributed by atoms with E-state index in [0.29, 0.717) is 18.3 Å². The molecule has 1 aromatic heterocycles. The van der Waals surface area contributed by atoms with Crippen LogP contribution in [0, 0.1) is 5.92 Å². The number of nitrogens with two attached hydrogens (primary N) is 1. The number of hydrogen-bond donors (Lipinski definition) is 2. The Labute approximate surface area is 159 Å². The Hall–Kier alpha value is -0.830. The second kappa shape index (κ2) is 10.1. The highest BCUT2D eigenvalue weighted by Gasteiger charge is 2.23. The average Bonchev–Trinajstić information content (AvgIpc) is 3.01. The lowest BCUT2D eigenvalue weighted by molar-refractivity contribution is -0.119. The summed E-state index contributed by atoms with van der Waals surface area (Å²) in [7, 11) is 1.82. The second-order valence-corrected chi connectivity index (χ2v) is 6.95. The van der Waals surface area contributed by atoms with Gasteiger partial charge in [0.2, 0.25) is 5.91 Å². The molecule has 1 aliphatic rings. The molecule has 5 nitrogen and oxygen atoms in total. The number of likely N-dealkylation sites (tertiary alicyclic amines) is 1. The summed E-state index contributed by atoms with van der Waals surface area (Å²) in [5.41, 5.74) is 5.33. The van der Waals surface area contributed by atoms with E-state index in [1.54, 1.807) is 11.3 Å². The quantitative estimate of drug-likeness (QED) is 0.412. The van der Waals surface area contributed by atoms with Crippen LogP contribution in [0.5, 0.6) is 0 Å². The van der Waals surface area contributed by atoms with E-state index in [2.05, 4.69) is 39.6 Å². The van der Waals surface area contributed by atoms with E-state index in [-0.39, 0.29) is 29.9 Å². The van der Waals surface area contributed by atoms with E-state index < -0.39 is 0 Å². The molecular weight excluding hydrogens is 423 g/mol. The number of thiophene rings is 1. The fraction of sp³-hybridized carbons (Fsp3) is 0.625. The molecule has 0 spiro atoms. The van der Waals surface area contributed by atoms with Crippen molar-refractivity contribution >= 4 is 47.2 Å². The smallest absolute Gasteiger partial charge is 0.217 e. The fourth-order valence-electron chi connectivity index (χ4n) is 2.96. The summed E-state index contributed by atoms with van der Waals surface area (Å²) in [5.74, 6) is 1.53.